The van der Waals surface area contributed by atoms with Crippen LogP contribution in [0.2, 0.25) is 0 Å². The molecule has 0 rings (SSSR count). The molecule has 0 saturated heterocycles. The summed E-state index contributed by atoms with van der Waals surface area (Å²) in [6.07, 6.45) is 0.463. The lowest BCUT2D eigenvalue weighted by Crippen LogP contribution is -2.48. The molecule has 0 bridgehead atoms. The monoisotopic (exact) mass is 189 g/mol. The number of nitrogens with two attached hydrogens (primary N) is 2. The van der Waals surface area contributed by atoms with Crippen molar-refractivity contribution in [2.75, 3.05) is 6.54 Å². The number of rotatable bonds is 6. The van der Waals surface area contributed by atoms with Crippen molar-refractivity contribution in [1.82, 2.24) is 5.01 Å². The number of primary amides is 1. The fourth-order valence-electron chi connectivity index (χ4n) is 0.951. The highest BCUT2D eigenvalue weighted by Crippen LogP contribution is 2.00. The van der Waals surface area contributed by atoms with E-state index in [2.05, 4.69) is 0 Å². The number of aliphatic carboxylic acids is 1. The number of carbonyl (C=O) groups is 2. The van der Waals surface area contributed by atoms with Crippen molar-refractivity contribution in [3.05, 3.63) is 0 Å². The Hall–Kier alpha value is -1.14. The van der Waals surface area contributed by atoms with Crippen molar-refractivity contribution < 1.29 is 14.7 Å². The van der Waals surface area contributed by atoms with Gasteiger partial charge in [-0.15, -0.1) is 0 Å². The topological polar surface area (TPSA) is 110 Å². The maximum Gasteiger partial charge on any atom is 0.322 e. The van der Waals surface area contributed by atoms with Gasteiger partial charge in [0.05, 0.1) is 6.42 Å². The summed E-state index contributed by atoms with van der Waals surface area (Å²) in [5, 5.41) is 9.81. The standard InChI is InChI=1S/C7H15N3O3/c1-2-3-10(9)5(7(12)13)4-6(8)11/h5H,2-4,9H2,1H3,(H2,8,11)(H,12,13)/t5-/m0/s1. The van der Waals surface area contributed by atoms with Gasteiger partial charge in [-0.3, -0.25) is 15.4 Å². The van der Waals surface area contributed by atoms with Gasteiger partial charge in [-0.1, -0.05) is 6.92 Å². The van der Waals surface area contributed by atoms with E-state index in [0.717, 1.165) is 11.4 Å². The Labute approximate surface area is 76.5 Å². The molecule has 1 atom stereocenters. The Morgan fingerprint density at radius 1 is 1.54 bits per heavy atom. The van der Waals surface area contributed by atoms with Gasteiger partial charge >= 0.3 is 5.97 Å². The van der Waals surface area contributed by atoms with Crippen LogP contribution in [0.5, 0.6) is 0 Å². The van der Waals surface area contributed by atoms with Crippen LogP contribution >= 0.6 is 0 Å². The number of nitrogens with zero attached hydrogens (tertiary/aromatic N) is 1. The molecule has 6 nitrogen and oxygen atoms in total. The predicted molar refractivity (Wildman–Crippen MR) is 46.4 cm³/mol. The number of amides is 1. The lowest BCUT2D eigenvalue weighted by atomic mass is 10.2. The van der Waals surface area contributed by atoms with E-state index in [1.807, 2.05) is 6.92 Å². The molecule has 0 spiro atoms. The van der Waals surface area contributed by atoms with Gasteiger partial charge in [0.1, 0.15) is 6.04 Å². The van der Waals surface area contributed by atoms with E-state index in [1.165, 1.54) is 0 Å². The molecule has 76 valence electrons. The lowest BCUT2D eigenvalue weighted by Gasteiger charge is -2.22. The van der Waals surface area contributed by atoms with E-state index in [9.17, 15) is 9.59 Å². The molecule has 0 aromatic heterocycles. The minimum atomic E-state index is -1.13. The Balaban J connectivity index is 4.23. The molecule has 0 aliphatic carbocycles. The molecule has 0 saturated carbocycles. The first-order valence-corrected chi connectivity index (χ1v) is 4.01. The largest absolute Gasteiger partial charge is 0.480 e. The normalized spacial score (nSPS) is 12.8. The predicted octanol–water partition coefficient (Wildman–Crippen LogP) is -1.10. The van der Waals surface area contributed by atoms with Gasteiger partial charge in [-0.25, -0.2) is 5.01 Å². The van der Waals surface area contributed by atoms with Crippen LogP contribution in [0.15, 0.2) is 0 Å². The number of hydrogen-bond acceptors (Lipinski definition) is 4. The van der Waals surface area contributed by atoms with Gasteiger partial charge in [0.2, 0.25) is 5.91 Å². The second-order valence-corrected chi connectivity index (χ2v) is 2.76. The van der Waals surface area contributed by atoms with Crippen molar-refractivity contribution in [2.24, 2.45) is 11.6 Å². The third kappa shape index (κ3) is 4.44. The van der Waals surface area contributed by atoms with Crippen LogP contribution in [0, 0.1) is 0 Å². The first-order chi connectivity index (χ1) is 5.99. The zero-order valence-electron chi connectivity index (χ0n) is 7.56. The van der Waals surface area contributed by atoms with E-state index in [-0.39, 0.29) is 6.42 Å². The third-order valence-electron chi connectivity index (χ3n) is 1.56. The summed E-state index contributed by atoms with van der Waals surface area (Å²) in [7, 11) is 0. The van der Waals surface area contributed by atoms with Gasteiger partial charge in [0.15, 0.2) is 0 Å². The first kappa shape index (κ1) is 11.9. The summed E-state index contributed by atoms with van der Waals surface area (Å²) in [4.78, 5) is 21.1. The van der Waals surface area contributed by atoms with Gasteiger partial charge in [0, 0.05) is 6.54 Å². The van der Waals surface area contributed by atoms with Crippen LogP contribution in [-0.4, -0.2) is 34.6 Å². The number of carbonyl (C=O) groups excluding carboxylic acids is 1. The second kappa shape index (κ2) is 5.50. The molecule has 0 aliphatic heterocycles. The second-order valence-electron chi connectivity index (χ2n) is 2.76. The summed E-state index contributed by atoms with van der Waals surface area (Å²) in [5.74, 6) is 3.62. The zero-order chi connectivity index (χ0) is 10.4. The van der Waals surface area contributed by atoms with Crippen LogP contribution in [0.1, 0.15) is 19.8 Å². The average molecular weight is 189 g/mol. The smallest absolute Gasteiger partial charge is 0.322 e. The van der Waals surface area contributed by atoms with E-state index in [0.29, 0.717) is 6.54 Å². The highest BCUT2D eigenvalue weighted by Gasteiger charge is 2.24. The zero-order valence-corrected chi connectivity index (χ0v) is 7.56. The first-order valence-electron chi connectivity index (χ1n) is 4.01. The molecule has 5 N–H and O–H groups in total. The highest BCUT2D eigenvalue weighted by atomic mass is 16.4. The van der Waals surface area contributed by atoms with Crippen LogP contribution in [-0.2, 0) is 9.59 Å². The number of carboxylic acid groups (broad SMARTS) is 1. The Bertz CT molecular complexity index is 195. The van der Waals surface area contributed by atoms with Crippen molar-refractivity contribution in [1.29, 1.82) is 0 Å². The highest BCUT2D eigenvalue weighted by molar-refractivity contribution is 5.83. The lowest BCUT2D eigenvalue weighted by molar-refractivity contribution is -0.145. The summed E-state index contributed by atoms with van der Waals surface area (Å²) in [5.41, 5.74) is 4.88. The molecular weight excluding hydrogens is 174 g/mol. The maximum absolute atomic E-state index is 10.6. The molecule has 0 aliphatic rings. The number of carboxylic acids is 1. The Morgan fingerprint density at radius 3 is 2.38 bits per heavy atom. The molecular formula is C7H15N3O3. The van der Waals surface area contributed by atoms with E-state index in [4.69, 9.17) is 16.7 Å². The van der Waals surface area contributed by atoms with E-state index in [1.54, 1.807) is 0 Å². The van der Waals surface area contributed by atoms with Gasteiger partial charge in [0.25, 0.3) is 0 Å². The molecule has 0 unspecified atom stereocenters. The van der Waals surface area contributed by atoms with E-state index >= 15 is 0 Å². The fraction of sp³-hybridized carbons (Fsp3) is 0.714. The molecule has 0 fully saturated rings. The Kier molecular flexibility index (Phi) is 5.01. The Morgan fingerprint density at radius 2 is 2.08 bits per heavy atom. The van der Waals surface area contributed by atoms with Crippen molar-refractivity contribution in [2.45, 2.75) is 25.8 Å². The molecule has 0 heterocycles. The molecule has 1 amide bonds. The molecule has 13 heavy (non-hydrogen) atoms. The quantitative estimate of drug-likeness (QED) is 0.363. The van der Waals surface area contributed by atoms with Crippen LogP contribution in [0.25, 0.3) is 0 Å². The summed E-state index contributed by atoms with van der Waals surface area (Å²) < 4.78 is 0. The van der Waals surface area contributed by atoms with Crippen LogP contribution < -0.4 is 11.6 Å². The van der Waals surface area contributed by atoms with Crippen LogP contribution in [0.3, 0.4) is 0 Å². The molecule has 6 heteroatoms. The van der Waals surface area contributed by atoms with E-state index < -0.39 is 17.9 Å². The molecule has 0 aromatic rings. The number of hydrogen-bond donors (Lipinski definition) is 3. The third-order valence-corrected chi connectivity index (χ3v) is 1.56. The van der Waals surface area contributed by atoms with Gasteiger partial charge in [-0.2, -0.15) is 0 Å². The minimum absolute atomic E-state index is 0.258. The molecule has 0 radical (unpaired) electrons. The van der Waals surface area contributed by atoms with Crippen LogP contribution in [0.4, 0.5) is 0 Å². The maximum atomic E-state index is 10.6. The minimum Gasteiger partial charge on any atom is -0.480 e. The summed E-state index contributed by atoms with van der Waals surface area (Å²) >= 11 is 0. The summed E-state index contributed by atoms with van der Waals surface area (Å²) in [6.45, 7) is 2.29. The number of hydrazine groups is 1. The van der Waals surface area contributed by atoms with Crippen molar-refractivity contribution >= 4 is 11.9 Å². The molecule has 0 aromatic carbocycles. The SMILES string of the molecule is CCCN(N)[C@@H](CC(N)=O)C(=O)O. The fourth-order valence-corrected chi connectivity index (χ4v) is 0.951. The summed E-state index contributed by atoms with van der Waals surface area (Å²) in [6, 6.07) is -1.02. The van der Waals surface area contributed by atoms with Gasteiger partial charge in [-0.05, 0) is 6.42 Å². The van der Waals surface area contributed by atoms with Gasteiger partial charge < -0.3 is 10.8 Å². The van der Waals surface area contributed by atoms with Crippen molar-refractivity contribution in [3.63, 3.8) is 0 Å². The van der Waals surface area contributed by atoms with Crippen molar-refractivity contribution in [3.8, 4) is 0 Å². The average Bonchev–Trinajstić information content (AvgIpc) is 1.99.